The van der Waals surface area contributed by atoms with Crippen LogP contribution in [0.15, 0.2) is 23.8 Å². The van der Waals surface area contributed by atoms with Crippen molar-refractivity contribution >= 4 is 17.9 Å². The van der Waals surface area contributed by atoms with Crippen molar-refractivity contribution in [1.82, 2.24) is 4.90 Å². The number of carbonyl (C=O) groups is 3. The van der Waals surface area contributed by atoms with Gasteiger partial charge in [-0.2, -0.15) is 0 Å². The van der Waals surface area contributed by atoms with Crippen LogP contribution >= 0.6 is 0 Å². The molecule has 0 aromatic rings. The zero-order chi connectivity index (χ0) is 19.4. The number of fused-ring (bicyclic) bond motifs is 2. The summed E-state index contributed by atoms with van der Waals surface area (Å²) in [5.41, 5.74) is 0.653. The minimum absolute atomic E-state index is 0.0176. The maximum Gasteiger partial charge on any atom is 0.333 e. The lowest BCUT2D eigenvalue weighted by Crippen LogP contribution is -2.46. The highest BCUT2D eigenvalue weighted by Gasteiger charge is 2.47. The number of nitrogens with zero attached hydrogens (tertiary/aromatic N) is 1. The molecule has 0 N–H and O–H groups in total. The second kappa shape index (κ2) is 8.49. The van der Waals surface area contributed by atoms with Crippen molar-refractivity contribution in [3.63, 3.8) is 0 Å². The topological polar surface area (TPSA) is 82.1 Å². The van der Waals surface area contributed by atoms with Gasteiger partial charge >= 0.3 is 17.9 Å². The Hall–Kier alpha value is -2.15. The van der Waals surface area contributed by atoms with E-state index in [1.165, 1.54) is 7.11 Å². The molecule has 2 rings (SSSR count). The number of esters is 3. The van der Waals surface area contributed by atoms with Gasteiger partial charge < -0.3 is 14.2 Å². The summed E-state index contributed by atoms with van der Waals surface area (Å²) in [5.74, 6) is -1.41. The van der Waals surface area contributed by atoms with Gasteiger partial charge in [0.2, 0.25) is 0 Å². The molecule has 0 spiro atoms. The number of allylic oxidation sites excluding steroid dienone is 1. The van der Waals surface area contributed by atoms with Gasteiger partial charge in [-0.25, -0.2) is 9.59 Å². The summed E-state index contributed by atoms with van der Waals surface area (Å²) < 4.78 is 15.7. The highest BCUT2D eigenvalue weighted by atomic mass is 16.6. The first kappa shape index (κ1) is 20.2. The van der Waals surface area contributed by atoms with Crippen LogP contribution in [-0.4, -0.2) is 61.3 Å². The molecule has 0 saturated carbocycles. The Morgan fingerprint density at radius 2 is 1.85 bits per heavy atom. The molecule has 7 heteroatoms. The van der Waals surface area contributed by atoms with E-state index in [2.05, 4.69) is 16.2 Å². The minimum atomic E-state index is -0.614. The average Bonchev–Trinajstić information content (AvgIpc) is 2.78. The van der Waals surface area contributed by atoms with Crippen molar-refractivity contribution in [3.8, 4) is 0 Å². The van der Waals surface area contributed by atoms with Crippen LogP contribution in [0.3, 0.4) is 0 Å². The Labute approximate surface area is 154 Å². The normalized spacial score (nSPS) is 28.4. The van der Waals surface area contributed by atoms with Crippen LogP contribution in [0.1, 0.15) is 39.5 Å². The van der Waals surface area contributed by atoms with Gasteiger partial charge in [0, 0.05) is 36.5 Å². The standard InChI is InChI=1S/C19H27NO6/c1-6-11(2)19(23)26-16-9-13-8-14(10-15(16)20(13)4)25-17(21)7-12(3)18(22)24-5/h6,13-16H,3,7-10H2,1-2,4-5H3/b11-6+. The third kappa shape index (κ3) is 4.52. The van der Waals surface area contributed by atoms with Crippen LogP contribution in [0.4, 0.5) is 0 Å². The molecule has 0 amide bonds. The van der Waals surface area contributed by atoms with E-state index >= 15 is 0 Å². The number of piperidine rings is 1. The molecule has 26 heavy (non-hydrogen) atoms. The van der Waals surface area contributed by atoms with E-state index in [1.54, 1.807) is 19.9 Å². The van der Waals surface area contributed by atoms with Crippen molar-refractivity contribution < 1.29 is 28.6 Å². The summed E-state index contributed by atoms with van der Waals surface area (Å²) in [7, 11) is 3.24. The molecule has 144 valence electrons. The molecule has 2 fully saturated rings. The summed E-state index contributed by atoms with van der Waals surface area (Å²) >= 11 is 0. The van der Waals surface area contributed by atoms with Gasteiger partial charge in [0.05, 0.1) is 19.6 Å². The number of hydrogen-bond acceptors (Lipinski definition) is 7. The number of carbonyl (C=O) groups excluding carboxylic acids is 3. The van der Waals surface area contributed by atoms with Crippen LogP contribution in [0.5, 0.6) is 0 Å². The SMILES string of the molecule is C=C(CC(=O)OC1CC2CC(OC(=O)/C(C)=C/C)C(C1)N2C)C(=O)OC. The maximum atomic E-state index is 12.1. The minimum Gasteiger partial charge on any atom is -0.466 e. The number of rotatable bonds is 6. The summed E-state index contributed by atoms with van der Waals surface area (Å²) in [6.45, 7) is 7.06. The first-order chi connectivity index (χ1) is 12.3. The van der Waals surface area contributed by atoms with Crippen LogP contribution in [0, 0.1) is 0 Å². The molecule has 0 aromatic carbocycles. The molecule has 2 heterocycles. The van der Waals surface area contributed by atoms with Gasteiger partial charge in [-0.3, -0.25) is 9.69 Å². The molecule has 4 atom stereocenters. The van der Waals surface area contributed by atoms with Crippen molar-refractivity contribution in [3.05, 3.63) is 23.8 Å². The molecule has 2 bridgehead atoms. The summed E-state index contributed by atoms with van der Waals surface area (Å²) in [5, 5.41) is 0. The summed E-state index contributed by atoms with van der Waals surface area (Å²) in [6.07, 6.45) is 3.08. The lowest BCUT2D eigenvalue weighted by Gasteiger charge is -2.36. The fourth-order valence-electron chi connectivity index (χ4n) is 3.56. The van der Waals surface area contributed by atoms with Crippen LogP contribution in [0.25, 0.3) is 0 Å². The van der Waals surface area contributed by atoms with E-state index in [-0.39, 0.29) is 42.3 Å². The Morgan fingerprint density at radius 3 is 2.46 bits per heavy atom. The second-order valence-corrected chi connectivity index (χ2v) is 6.89. The Kier molecular flexibility index (Phi) is 6.58. The van der Waals surface area contributed by atoms with Crippen molar-refractivity contribution in [2.24, 2.45) is 0 Å². The fourth-order valence-corrected chi connectivity index (χ4v) is 3.56. The average molecular weight is 365 g/mol. The molecule has 4 unspecified atom stereocenters. The van der Waals surface area contributed by atoms with Gasteiger partial charge in [-0.05, 0) is 20.9 Å². The maximum absolute atomic E-state index is 12.1. The molecule has 0 aliphatic carbocycles. The third-order valence-electron chi connectivity index (χ3n) is 5.22. The second-order valence-electron chi connectivity index (χ2n) is 6.89. The van der Waals surface area contributed by atoms with E-state index in [4.69, 9.17) is 9.47 Å². The highest BCUT2D eigenvalue weighted by molar-refractivity contribution is 5.93. The number of ether oxygens (including phenoxy) is 3. The lowest BCUT2D eigenvalue weighted by atomic mass is 10.00. The van der Waals surface area contributed by atoms with Crippen molar-refractivity contribution in [2.45, 2.75) is 63.8 Å². The van der Waals surface area contributed by atoms with E-state index in [0.717, 1.165) is 6.42 Å². The van der Waals surface area contributed by atoms with Crippen LogP contribution in [0.2, 0.25) is 0 Å². The third-order valence-corrected chi connectivity index (χ3v) is 5.22. The first-order valence-electron chi connectivity index (χ1n) is 8.78. The predicted molar refractivity (Wildman–Crippen MR) is 94.2 cm³/mol. The van der Waals surface area contributed by atoms with Crippen LogP contribution in [-0.2, 0) is 28.6 Å². The monoisotopic (exact) mass is 365 g/mol. The lowest BCUT2D eigenvalue weighted by molar-refractivity contribution is -0.155. The van der Waals surface area contributed by atoms with Gasteiger partial charge in [0.25, 0.3) is 0 Å². The molecule has 0 aromatic heterocycles. The number of likely N-dealkylation sites (N-methyl/N-ethyl adjacent to an activating group) is 1. The van der Waals surface area contributed by atoms with E-state index in [9.17, 15) is 14.4 Å². The van der Waals surface area contributed by atoms with Crippen molar-refractivity contribution in [1.29, 1.82) is 0 Å². The zero-order valence-corrected chi connectivity index (χ0v) is 15.8. The molecule has 2 aliphatic heterocycles. The highest BCUT2D eigenvalue weighted by Crippen LogP contribution is 2.37. The van der Waals surface area contributed by atoms with Gasteiger partial charge in [-0.1, -0.05) is 12.7 Å². The van der Waals surface area contributed by atoms with Gasteiger partial charge in [-0.15, -0.1) is 0 Å². The zero-order valence-electron chi connectivity index (χ0n) is 15.8. The Bertz CT molecular complexity index is 626. The first-order valence-corrected chi connectivity index (χ1v) is 8.78. The molecule has 0 radical (unpaired) electrons. The largest absolute Gasteiger partial charge is 0.466 e. The smallest absolute Gasteiger partial charge is 0.333 e. The number of methoxy groups -OCH3 is 1. The fraction of sp³-hybridized carbons (Fsp3) is 0.632. The molecular formula is C19H27NO6. The van der Waals surface area contributed by atoms with Gasteiger partial charge in [0.1, 0.15) is 12.2 Å². The van der Waals surface area contributed by atoms with E-state index in [0.29, 0.717) is 18.4 Å². The Morgan fingerprint density at radius 1 is 1.15 bits per heavy atom. The predicted octanol–water partition coefficient (Wildman–Crippen LogP) is 1.76. The number of hydrogen-bond donors (Lipinski definition) is 0. The summed E-state index contributed by atoms with van der Waals surface area (Å²) in [4.78, 5) is 37.6. The van der Waals surface area contributed by atoms with E-state index < -0.39 is 11.9 Å². The van der Waals surface area contributed by atoms with Crippen LogP contribution < -0.4 is 0 Å². The molecule has 2 aliphatic rings. The molecule has 2 saturated heterocycles. The summed E-state index contributed by atoms with van der Waals surface area (Å²) in [6, 6.07) is 0.211. The molecular weight excluding hydrogens is 338 g/mol. The van der Waals surface area contributed by atoms with Gasteiger partial charge in [0.15, 0.2) is 0 Å². The quantitative estimate of drug-likeness (QED) is 0.403. The Balaban J connectivity index is 1.92. The van der Waals surface area contributed by atoms with E-state index in [1.807, 2.05) is 7.05 Å². The molecule has 7 nitrogen and oxygen atoms in total. The van der Waals surface area contributed by atoms with Crippen molar-refractivity contribution in [2.75, 3.05) is 14.2 Å².